The number of likely N-dealkylation sites (tertiary alicyclic amines) is 1. The Morgan fingerprint density at radius 1 is 1.41 bits per heavy atom. The van der Waals surface area contributed by atoms with Crippen LogP contribution in [0.15, 0.2) is 24.3 Å². The first kappa shape index (κ1) is 15.9. The fraction of sp³-hybridized carbons (Fsp3) is 0.429. The van der Waals surface area contributed by atoms with Gasteiger partial charge in [0.1, 0.15) is 6.04 Å². The van der Waals surface area contributed by atoms with Crippen molar-refractivity contribution < 1.29 is 19.6 Å². The van der Waals surface area contributed by atoms with Crippen molar-refractivity contribution in [2.75, 3.05) is 25.0 Å². The molecule has 0 bridgehead atoms. The molecule has 1 amide bonds. The highest BCUT2D eigenvalue weighted by Crippen LogP contribution is 2.20. The molecule has 0 aliphatic carbocycles. The number of aliphatic carboxylic acids is 1. The van der Waals surface area contributed by atoms with Crippen LogP contribution < -0.4 is 4.90 Å². The molecule has 1 aromatic rings. The first-order chi connectivity index (χ1) is 10.4. The van der Waals surface area contributed by atoms with Crippen molar-refractivity contribution in [1.29, 1.82) is 0 Å². The summed E-state index contributed by atoms with van der Waals surface area (Å²) in [5.74, 6) is -1.16. The van der Waals surface area contributed by atoms with E-state index in [1.54, 1.807) is 11.9 Å². The largest absolute Gasteiger partial charge is 0.480 e. The molecule has 1 aliphatic heterocycles. The molecule has 118 valence electrons. The maximum atomic E-state index is 12.2. The Hall–Kier alpha value is -2.48. The van der Waals surface area contributed by atoms with E-state index in [-0.39, 0.29) is 18.1 Å². The van der Waals surface area contributed by atoms with Crippen LogP contribution in [0.4, 0.5) is 11.4 Å². The number of carboxylic acids is 1. The zero-order valence-corrected chi connectivity index (χ0v) is 12.1. The summed E-state index contributed by atoms with van der Waals surface area (Å²) < 4.78 is 0. The van der Waals surface area contributed by atoms with Crippen LogP contribution in [0.25, 0.3) is 0 Å². The van der Waals surface area contributed by atoms with E-state index in [0.717, 1.165) is 6.42 Å². The minimum Gasteiger partial charge on any atom is -0.480 e. The summed E-state index contributed by atoms with van der Waals surface area (Å²) in [6.45, 7) is 0.598. The highest BCUT2D eigenvalue weighted by atomic mass is 16.6. The second-order valence-electron chi connectivity index (χ2n) is 5.19. The van der Waals surface area contributed by atoms with Gasteiger partial charge in [-0.05, 0) is 31.5 Å². The standard InChI is InChI=1S/C14H17N3O5/c1-15(10-4-6-11(7-5-10)17(21)22)13(18)9-16-8-2-3-12(16)14(19)20/h4-7,12H,2-3,8-9H2,1H3,(H,19,20). The van der Waals surface area contributed by atoms with E-state index >= 15 is 0 Å². The molecule has 22 heavy (non-hydrogen) atoms. The average Bonchev–Trinajstić information content (AvgIpc) is 2.94. The molecule has 8 nitrogen and oxygen atoms in total. The number of nitro benzene ring substituents is 1. The second-order valence-corrected chi connectivity index (χ2v) is 5.19. The number of non-ortho nitro benzene ring substituents is 1. The molecule has 1 unspecified atom stereocenters. The zero-order chi connectivity index (χ0) is 16.3. The SMILES string of the molecule is CN(C(=O)CN1CCCC1C(=O)O)c1ccc([N+](=O)[O-])cc1. The van der Waals surface area contributed by atoms with Crippen molar-refractivity contribution in [2.45, 2.75) is 18.9 Å². The topological polar surface area (TPSA) is 104 Å². The highest BCUT2D eigenvalue weighted by Gasteiger charge is 2.32. The van der Waals surface area contributed by atoms with Crippen LogP contribution in [0, 0.1) is 10.1 Å². The Labute approximate surface area is 127 Å². The molecule has 1 atom stereocenters. The third kappa shape index (κ3) is 3.40. The number of benzene rings is 1. The lowest BCUT2D eigenvalue weighted by molar-refractivity contribution is -0.384. The summed E-state index contributed by atoms with van der Waals surface area (Å²) in [5.41, 5.74) is 0.483. The first-order valence-electron chi connectivity index (χ1n) is 6.88. The minimum atomic E-state index is -0.914. The van der Waals surface area contributed by atoms with Crippen molar-refractivity contribution in [3.8, 4) is 0 Å². The normalized spacial score (nSPS) is 18.1. The van der Waals surface area contributed by atoms with Gasteiger partial charge in [0, 0.05) is 24.9 Å². The Morgan fingerprint density at radius 3 is 2.59 bits per heavy atom. The van der Waals surface area contributed by atoms with Gasteiger partial charge in [-0.1, -0.05) is 0 Å². The van der Waals surface area contributed by atoms with Crippen molar-refractivity contribution >= 4 is 23.3 Å². The monoisotopic (exact) mass is 307 g/mol. The third-order valence-corrected chi connectivity index (χ3v) is 3.81. The molecule has 1 N–H and O–H groups in total. The number of nitro groups is 1. The van der Waals surface area contributed by atoms with Crippen LogP contribution in [-0.2, 0) is 9.59 Å². The Morgan fingerprint density at radius 2 is 2.05 bits per heavy atom. The van der Waals surface area contributed by atoms with E-state index in [4.69, 9.17) is 5.11 Å². The summed E-state index contributed by atoms with van der Waals surface area (Å²) in [6.07, 6.45) is 1.30. The lowest BCUT2D eigenvalue weighted by Crippen LogP contribution is -2.43. The molecular weight excluding hydrogens is 290 g/mol. The Kier molecular flexibility index (Phi) is 4.71. The smallest absolute Gasteiger partial charge is 0.320 e. The van der Waals surface area contributed by atoms with Crippen molar-refractivity contribution in [3.63, 3.8) is 0 Å². The molecule has 1 heterocycles. The number of nitrogens with zero attached hydrogens (tertiary/aromatic N) is 3. The van der Waals surface area contributed by atoms with E-state index in [2.05, 4.69) is 0 Å². The number of hydrogen-bond donors (Lipinski definition) is 1. The fourth-order valence-corrected chi connectivity index (χ4v) is 2.52. The molecular formula is C14H17N3O5. The quantitative estimate of drug-likeness (QED) is 0.645. The third-order valence-electron chi connectivity index (χ3n) is 3.81. The number of amides is 1. The molecule has 1 fully saturated rings. The van der Waals surface area contributed by atoms with Crippen LogP contribution in [0.5, 0.6) is 0 Å². The van der Waals surface area contributed by atoms with Crippen LogP contribution >= 0.6 is 0 Å². The summed E-state index contributed by atoms with van der Waals surface area (Å²) in [6, 6.07) is 5.03. The van der Waals surface area contributed by atoms with Crippen molar-refractivity contribution in [3.05, 3.63) is 34.4 Å². The molecule has 0 aromatic heterocycles. The van der Waals surface area contributed by atoms with Crippen LogP contribution in [-0.4, -0.2) is 53.0 Å². The Balaban J connectivity index is 2.02. The van der Waals surface area contributed by atoms with Gasteiger partial charge >= 0.3 is 5.97 Å². The average molecular weight is 307 g/mol. The van der Waals surface area contributed by atoms with E-state index < -0.39 is 16.9 Å². The number of carbonyl (C=O) groups is 2. The van der Waals surface area contributed by atoms with Gasteiger partial charge in [-0.3, -0.25) is 24.6 Å². The van der Waals surface area contributed by atoms with Crippen LogP contribution in [0.1, 0.15) is 12.8 Å². The molecule has 1 saturated heterocycles. The fourth-order valence-electron chi connectivity index (χ4n) is 2.52. The molecule has 1 aliphatic rings. The predicted octanol–water partition coefficient (Wildman–Crippen LogP) is 1.11. The summed E-state index contributed by atoms with van der Waals surface area (Å²) in [4.78, 5) is 36.5. The lowest BCUT2D eigenvalue weighted by atomic mass is 10.2. The number of rotatable bonds is 5. The van der Waals surface area contributed by atoms with Gasteiger partial charge in [-0.15, -0.1) is 0 Å². The minimum absolute atomic E-state index is 0.0183. The van der Waals surface area contributed by atoms with Gasteiger partial charge in [0.05, 0.1) is 11.5 Å². The molecule has 1 aromatic carbocycles. The summed E-state index contributed by atoms with van der Waals surface area (Å²) >= 11 is 0. The van der Waals surface area contributed by atoms with Gasteiger partial charge in [-0.25, -0.2) is 0 Å². The highest BCUT2D eigenvalue weighted by molar-refractivity contribution is 5.94. The molecule has 2 rings (SSSR count). The number of hydrogen-bond acceptors (Lipinski definition) is 5. The zero-order valence-electron chi connectivity index (χ0n) is 12.1. The van der Waals surface area contributed by atoms with Gasteiger partial charge in [0.15, 0.2) is 0 Å². The Bertz CT molecular complexity index is 587. The molecule has 0 radical (unpaired) electrons. The number of likely N-dealkylation sites (N-methyl/N-ethyl adjacent to an activating group) is 1. The number of carbonyl (C=O) groups excluding carboxylic acids is 1. The first-order valence-corrected chi connectivity index (χ1v) is 6.88. The molecule has 8 heteroatoms. The second kappa shape index (κ2) is 6.52. The molecule has 0 saturated carbocycles. The van der Waals surface area contributed by atoms with E-state index in [0.29, 0.717) is 18.7 Å². The van der Waals surface area contributed by atoms with E-state index in [1.807, 2.05) is 0 Å². The maximum absolute atomic E-state index is 12.2. The lowest BCUT2D eigenvalue weighted by Gasteiger charge is -2.24. The van der Waals surface area contributed by atoms with Gasteiger partial charge < -0.3 is 10.0 Å². The molecule has 0 spiro atoms. The number of carboxylic acid groups (broad SMARTS) is 1. The van der Waals surface area contributed by atoms with Crippen molar-refractivity contribution in [1.82, 2.24) is 4.90 Å². The van der Waals surface area contributed by atoms with Gasteiger partial charge in [0.2, 0.25) is 5.91 Å². The van der Waals surface area contributed by atoms with E-state index in [9.17, 15) is 19.7 Å². The van der Waals surface area contributed by atoms with E-state index in [1.165, 1.54) is 29.2 Å². The number of anilines is 1. The van der Waals surface area contributed by atoms with Crippen LogP contribution in [0.2, 0.25) is 0 Å². The summed E-state index contributed by atoms with van der Waals surface area (Å²) in [5, 5.41) is 19.7. The summed E-state index contributed by atoms with van der Waals surface area (Å²) in [7, 11) is 1.56. The van der Waals surface area contributed by atoms with Crippen molar-refractivity contribution in [2.24, 2.45) is 0 Å². The van der Waals surface area contributed by atoms with Gasteiger partial charge in [-0.2, -0.15) is 0 Å². The predicted molar refractivity (Wildman–Crippen MR) is 78.7 cm³/mol. The van der Waals surface area contributed by atoms with Gasteiger partial charge in [0.25, 0.3) is 5.69 Å². The maximum Gasteiger partial charge on any atom is 0.320 e. The van der Waals surface area contributed by atoms with Crippen LogP contribution in [0.3, 0.4) is 0 Å².